The van der Waals surface area contributed by atoms with Crippen LogP contribution in [0.2, 0.25) is 0 Å². The van der Waals surface area contributed by atoms with E-state index in [0.29, 0.717) is 24.7 Å². The molecular formula is C32H39N3O4. The number of hydrogen-bond donors (Lipinski definition) is 1. The molecule has 0 aliphatic heterocycles. The molecule has 0 unspecified atom stereocenters. The number of esters is 1. The molecule has 2 heterocycles. The molecular weight excluding hydrogens is 490 g/mol. The van der Waals surface area contributed by atoms with Crippen LogP contribution < -0.4 is 10.1 Å². The summed E-state index contributed by atoms with van der Waals surface area (Å²) in [5, 5.41) is 5.28. The van der Waals surface area contributed by atoms with Gasteiger partial charge in [0, 0.05) is 35.8 Å². The summed E-state index contributed by atoms with van der Waals surface area (Å²) >= 11 is 0. The van der Waals surface area contributed by atoms with Gasteiger partial charge >= 0.3 is 5.97 Å². The Bertz CT molecular complexity index is 1360. The fourth-order valence-electron chi connectivity index (χ4n) is 5.07. The van der Waals surface area contributed by atoms with Gasteiger partial charge in [0.05, 0.1) is 17.4 Å². The highest BCUT2D eigenvalue weighted by atomic mass is 16.5. The number of carbonyl (C=O) groups excluding carboxylic acids is 2. The molecule has 0 spiro atoms. The van der Waals surface area contributed by atoms with Gasteiger partial charge in [-0.3, -0.25) is 9.78 Å². The van der Waals surface area contributed by atoms with E-state index in [0.717, 1.165) is 65.4 Å². The molecule has 0 amide bonds. The Morgan fingerprint density at radius 2 is 1.85 bits per heavy atom. The maximum absolute atomic E-state index is 13.0. The van der Waals surface area contributed by atoms with Crippen molar-refractivity contribution in [3.63, 3.8) is 0 Å². The summed E-state index contributed by atoms with van der Waals surface area (Å²) in [6.45, 7) is 10.0. The minimum absolute atomic E-state index is 0.165. The number of nitrogens with zero attached hydrogens (tertiary/aromatic N) is 2. The maximum atomic E-state index is 13.0. The van der Waals surface area contributed by atoms with Gasteiger partial charge in [0.25, 0.3) is 0 Å². The van der Waals surface area contributed by atoms with E-state index in [1.54, 1.807) is 19.3 Å². The largest absolute Gasteiger partial charge is 0.464 e. The number of nitrogens with one attached hydrogen (secondary N) is 1. The number of Topliss-reactive ketones (excluding diaryl/α,β-unsaturated/α-hetero) is 1. The second-order valence-corrected chi connectivity index (χ2v) is 10.7. The van der Waals surface area contributed by atoms with E-state index in [4.69, 9.17) is 9.47 Å². The van der Waals surface area contributed by atoms with Gasteiger partial charge in [-0.05, 0) is 75.8 Å². The number of rotatable bonds is 13. The lowest BCUT2D eigenvalue weighted by Gasteiger charge is -2.41. The van der Waals surface area contributed by atoms with Crippen molar-refractivity contribution in [2.45, 2.75) is 79.2 Å². The Balaban J connectivity index is 1.50. The number of hydrogen-bond acceptors (Lipinski definition) is 7. The summed E-state index contributed by atoms with van der Waals surface area (Å²) in [5.41, 5.74) is 2.88. The molecule has 0 bridgehead atoms. The molecule has 7 heteroatoms. The third kappa shape index (κ3) is 6.47. The van der Waals surface area contributed by atoms with Gasteiger partial charge in [0.1, 0.15) is 11.8 Å². The van der Waals surface area contributed by atoms with Crippen LogP contribution in [0.1, 0.15) is 71.1 Å². The van der Waals surface area contributed by atoms with Crippen molar-refractivity contribution >= 4 is 22.5 Å². The number of ether oxygens (including phenoxy) is 2. The summed E-state index contributed by atoms with van der Waals surface area (Å²) < 4.78 is 11.5. The lowest BCUT2D eigenvalue weighted by Crippen LogP contribution is -2.51. The molecule has 1 aromatic carbocycles. The molecule has 0 saturated heterocycles. The number of benzene rings is 1. The summed E-state index contributed by atoms with van der Waals surface area (Å²) in [4.78, 5) is 34.6. The van der Waals surface area contributed by atoms with Gasteiger partial charge in [0.2, 0.25) is 5.88 Å². The average Bonchev–Trinajstić information content (AvgIpc) is 2.92. The van der Waals surface area contributed by atoms with Crippen LogP contribution in [0.3, 0.4) is 0 Å². The molecule has 1 atom stereocenters. The lowest BCUT2D eigenvalue weighted by atomic mass is 9.67. The first-order chi connectivity index (χ1) is 18.7. The number of aromatic nitrogens is 2. The molecule has 4 rings (SSSR count). The van der Waals surface area contributed by atoms with E-state index < -0.39 is 11.5 Å². The highest BCUT2D eigenvalue weighted by Gasteiger charge is 2.47. The first-order valence-electron chi connectivity index (χ1n) is 13.9. The van der Waals surface area contributed by atoms with Crippen LogP contribution in [0.15, 0.2) is 60.1 Å². The Morgan fingerprint density at radius 3 is 2.56 bits per heavy atom. The van der Waals surface area contributed by atoms with Crippen molar-refractivity contribution in [2.75, 3.05) is 6.61 Å². The van der Waals surface area contributed by atoms with Crippen molar-refractivity contribution < 1.29 is 19.1 Å². The molecule has 1 aliphatic rings. The average molecular weight is 530 g/mol. The van der Waals surface area contributed by atoms with Gasteiger partial charge in [-0.1, -0.05) is 38.3 Å². The number of aryl methyl sites for hydroxylation is 1. The zero-order chi connectivity index (χ0) is 28.0. The van der Waals surface area contributed by atoms with Crippen LogP contribution in [0.5, 0.6) is 11.6 Å². The number of carbonyl (C=O) groups is 2. The number of allylic oxidation sites excluding steroid dienone is 2. The van der Waals surface area contributed by atoms with Crippen LogP contribution in [0.4, 0.5) is 0 Å². The van der Waals surface area contributed by atoms with E-state index in [2.05, 4.69) is 22.2 Å². The van der Waals surface area contributed by atoms with Crippen LogP contribution in [-0.4, -0.2) is 34.4 Å². The van der Waals surface area contributed by atoms with Gasteiger partial charge in [-0.2, -0.15) is 0 Å². The van der Waals surface area contributed by atoms with Crippen molar-refractivity contribution in [3.05, 3.63) is 71.3 Å². The lowest BCUT2D eigenvalue weighted by molar-refractivity contribution is -0.145. The highest BCUT2D eigenvalue weighted by Crippen LogP contribution is 2.43. The Kier molecular flexibility index (Phi) is 9.00. The highest BCUT2D eigenvalue weighted by molar-refractivity contribution is 6.09. The fourth-order valence-corrected chi connectivity index (χ4v) is 5.07. The summed E-state index contributed by atoms with van der Waals surface area (Å²) in [6, 6.07) is 11.0. The maximum Gasteiger partial charge on any atom is 0.328 e. The molecule has 2 aromatic heterocycles. The van der Waals surface area contributed by atoms with Gasteiger partial charge in [-0.25, -0.2) is 9.78 Å². The molecule has 3 aromatic rings. The van der Waals surface area contributed by atoms with Crippen molar-refractivity contribution in [1.29, 1.82) is 0 Å². The molecule has 0 fully saturated rings. The zero-order valence-corrected chi connectivity index (χ0v) is 23.7. The van der Waals surface area contributed by atoms with Gasteiger partial charge < -0.3 is 14.8 Å². The molecule has 0 saturated carbocycles. The van der Waals surface area contributed by atoms with E-state index in [-0.39, 0.29) is 11.8 Å². The van der Waals surface area contributed by atoms with E-state index in [1.165, 1.54) is 0 Å². The smallest absolute Gasteiger partial charge is 0.328 e. The molecule has 39 heavy (non-hydrogen) atoms. The zero-order valence-electron chi connectivity index (χ0n) is 23.7. The monoisotopic (exact) mass is 529 g/mol. The molecule has 1 aliphatic carbocycles. The predicted molar refractivity (Wildman–Crippen MR) is 153 cm³/mol. The quantitative estimate of drug-likeness (QED) is 0.196. The number of fused-ring (bicyclic) bond motifs is 1. The normalized spacial score (nSPS) is 15.2. The van der Waals surface area contributed by atoms with Crippen LogP contribution >= 0.6 is 0 Å². The summed E-state index contributed by atoms with van der Waals surface area (Å²) in [5.74, 6) is 0.990. The van der Waals surface area contributed by atoms with Crippen LogP contribution in [-0.2, 0) is 20.7 Å². The first kappa shape index (κ1) is 28.3. The van der Waals surface area contributed by atoms with E-state index >= 15 is 0 Å². The first-order valence-corrected chi connectivity index (χ1v) is 13.9. The van der Waals surface area contributed by atoms with Crippen molar-refractivity contribution in [3.8, 4) is 11.6 Å². The van der Waals surface area contributed by atoms with E-state index in [1.807, 2.05) is 57.2 Å². The fraction of sp³-hybridized carbons (Fsp3) is 0.438. The van der Waals surface area contributed by atoms with Gasteiger partial charge in [-0.15, -0.1) is 0 Å². The number of ketones is 1. The summed E-state index contributed by atoms with van der Waals surface area (Å²) in [7, 11) is 0. The van der Waals surface area contributed by atoms with Gasteiger partial charge in [0.15, 0.2) is 5.78 Å². The summed E-state index contributed by atoms with van der Waals surface area (Å²) in [6.07, 6.45) is 9.04. The van der Waals surface area contributed by atoms with Crippen LogP contribution in [0, 0.1) is 12.3 Å². The van der Waals surface area contributed by atoms with E-state index in [9.17, 15) is 9.59 Å². The molecule has 206 valence electrons. The second-order valence-electron chi connectivity index (χ2n) is 10.7. The topological polar surface area (TPSA) is 90.4 Å². The van der Waals surface area contributed by atoms with Crippen molar-refractivity contribution in [1.82, 2.24) is 15.3 Å². The molecule has 0 radical (unpaired) electrons. The molecule has 1 N–H and O–H groups in total. The second kappa shape index (κ2) is 12.4. The molecule has 7 nitrogen and oxygen atoms in total. The predicted octanol–water partition coefficient (Wildman–Crippen LogP) is 6.63. The number of unbranched alkanes of at least 4 members (excludes halogenated alkanes) is 3. The minimum atomic E-state index is -0.624. The van der Waals surface area contributed by atoms with Crippen LogP contribution in [0.25, 0.3) is 10.8 Å². The Hall–Kier alpha value is -3.74. The number of pyridine rings is 2. The Labute approximate surface area is 231 Å². The minimum Gasteiger partial charge on any atom is -0.464 e. The Morgan fingerprint density at radius 1 is 1.08 bits per heavy atom. The third-order valence-corrected chi connectivity index (χ3v) is 7.24. The van der Waals surface area contributed by atoms with Crippen molar-refractivity contribution in [2.24, 2.45) is 5.41 Å². The third-order valence-electron chi connectivity index (χ3n) is 7.24. The standard InChI is InChI=1S/C32H39N3O4/c1-6-8-9-10-11-25-28(32(4,5)29(25)36)35-27(31(37)38-7-2)19-22-12-14-24(15-13-22)39-30-26-20-33-17-16-23(26)18-21(3)34-30/h12-18,20,27,35H,6-11,19H2,1-5H3/t27-/m0/s1. The SMILES string of the molecule is CCCCCCC1=C(N[C@@H](Cc2ccc(Oc3nc(C)cc4ccncc34)cc2)C(=O)OCC)C(C)(C)C1=O.